The number of hydrogen-bond acceptors (Lipinski definition) is 3. The number of carbonyl (C=O) groups is 1. The predicted molar refractivity (Wildman–Crippen MR) is 63.7 cm³/mol. The maximum Gasteiger partial charge on any atom is 0.335 e. The van der Waals surface area contributed by atoms with Gasteiger partial charge in [0, 0.05) is 12.7 Å². The molecule has 1 aromatic heterocycles. The molecule has 0 saturated heterocycles. The van der Waals surface area contributed by atoms with Crippen LogP contribution in [0.1, 0.15) is 15.9 Å². The Labute approximate surface area is 98.5 Å². The van der Waals surface area contributed by atoms with Gasteiger partial charge in [0.15, 0.2) is 0 Å². The number of nitrogen functional groups attached to an aromatic ring is 1. The van der Waals surface area contributed by atoms with Crippen LogP contribution in [-0.2, 0) is 13.0 Å². The highest BCUT2D eigenvalue weighted by Crippen LogP contribution is 2.06. The summed E-state index contributed by atoms with van der Waals surface area (Å²) in [6.45, 7) is 0.726. The summed E-state index contributed by atoms with van der Waals surface area (Å²) in [6, 6.07) is 8.59. The minimum atomic E-state index is -0.906. The summed E-state index contributed by atoms with van der Waals surface area (Å²) in [5.74, 6) is -0.400. The van der Waals surface area contributed by atoms with Crippen molar-refractivity contribution in [2.75, 3.05) is 5.73 Å². The fourth-order valence-electron chi connectivity index (χ4n) is 1.56. The van der Waals surface area contributed by atoms with E-state index in [1.165, 1.54) is 0 Å². The maximum absolute atomic E-state index is 10.7. The van der Waals surface area contributed by atoms with Crippen molar-refractivity contribution in [2.45, 2.75) is 13.0 Å². The number of aromatic carboxylic acids is 1. The molecule has 0 unspecified atom stereocenters. The molecule has 0 amide bonds. The smallest absolute Gasteiger partial charge is 0.335 e. The Bertz CT molecular complexity index is 517. The number of benzene rings is 1. The molecule has 0 aliphatic rings. The summed E-state index contributed by atoms with van der Waals surface area (Å²) in [6.07, 6.45) is 2.61. The highest BCUT2D eigenvalue weighted by molar-refractivity contribution is 5.87. The molecule has 5 heteroatoms. The van der Waals surface area contributed by atoms with E-state index in [9.17, 15) is 4.79 Å². The number of aromatic nitrogens is 2. The van der Waals surface area contributed by atoms with Gasteiger partial charge in [-0.05, 0) is 30.2 Å². The highest BCUT2D eigenvalue weighted by Gasteiger charge is 2.02. The van der Waals surface area contributed by atoms with Crippen molar-refractivity contribution in [2.24, 2.45) is 0 Å². The van der Waals surface area contributed by atoms with Crippen LogP contribution in [0.5, 0.6) is 0 Å². The maximum atomic E-state index is 10.7. The van der Waals surface area contributed by atoms with Gasteiger partial charge in [0.1, 0.15) is 5.82 Å². The SMILES string of the molecule is Nc1ccn(CCc2ccc(C(=O)O)cc2)n1. The van der Waals surface area contributed by atoms with Gasteiger partial charge in [-0.1, -0.05) is 12.1 Å². The molecule has 0 radical (unpaired) electrons. The summed E-state index contributed by atoms with van der Waals surface area (Å²) < 4.78 is 1.76. The second kappa shape index (κ2) is 4.69. The van der Waals surface area contributed by atoms with Crippen molar-refractivity contribution in [3.63, 3.8) is 0 Å². The molecule has 1 aromatic carbocycles. The summed E-state index contributed by atoms with van der Waals surface area (Å²) in [7, 11) is 0. The first-order valence-electron chi connectivity index (χ1n) is 5.26. The molecule has 5 nitrogen and oxygen atoms in total. The van der Waals surface area contributed by atoms with E-state index >= 15 is 0 Å². The largest absolute Gasteiger partial charge is 0.478 e. The number of nitrogens with zero attached hydrogens (tertiary/aromatic N) is 2. The van der Waals surface area contributed by atoms with E-state index < -0.39 is 5.97 Å². The molecule has 0 saturated carbocycles. The average molecular weight is 231 g/mol. The molecule has 3 N–H and O–H groups in total. The first kappa shape index (κ1) is 11.2. The molecular weight excluding hydrogens is 218 g/mol. The Morgan fingerprint density at radius 1 is 1.29 bits per heavy atom. The molecule has 2 rings (SSSR count). The third kappa shape index (κ3) is 2.84. The molecule has 0 aliphatic heterocycles. The van der Waals surface area contributed by atoms with E-state index in [4.69, 9.17) is 10.8 Å². The van der Waals surface area contributed by atoms with Crippen molar-refractivity contribution in [1.29, 1.82) is 0 Å². The molecule has 2 aromatic rings. The fraction of sp³-hybridized carbons (Fsp3) is 0.167. The van der Waals surface area contributed by atoms with Gasteiger partial charge >= 0.3 is 5.97 Å². The Kier molecular flexibility index (Phi) is 3.09. The van der Waals surface area contributed by atoms with Crippen LogP contribution in [0.4, 0.5) is 5.82 Å². The zero-order chi connectivity index (χ0) is 12.3. The lowest BCUT2D eigenvalue weighted by molar-refractivity contribution is 0.0697. The van der Waals surface area contributed by atoms with Gasteiger partial charge in [-0.2, -0.15) is 5.10 Å². The molecule has 0 spiro atoms. The molecule has 0 fully saturated rings. The average Bonchev–Trinajstić information content (AvgIpc) is 2.73. The van der Waals surface area contributed by atoms with Gasteiger partial charge in [-0.15, -0.1) is 0 Å². The third-order valence-corrected chi connectivity index (χ3v) is 2.49. The minimum Gasteiger partial charge on any atom is -0.478 e. The molecule has 0 bridgehead atoms. The van der Waals surface area contributed by atoms with Crippen LogP contribution >= 0.6 is 0 Å². The lowest BCUT2D eigenvalue weighted by atomic mass is 10.1. The van der Waals surface area contributed by atoms with E-state index in [0.29, 0.717) is 11.4 Å². The molecule has 88 valence electrons. The number of nitrogens with two attached hydrogens (primary N) is 1. The number of carboxylic acids is 1. The van der Waals surface area contributed by atoms with Crippen molar-refractivity contribution < 1.29 is 9.90 Å². The first-order valence-corrected chi connectivity index (χ1v) is 5.26. The Morgan fingerprint density at radius 3 is 2.53 bits per heavy atom. The van der Waals surface area contributed by atoms with Crippen molar-refractivity contribution in [3.8, 4) is 0 Å². The van der Waals surface area contributed by atoms with E-state index in [2.05, 4.69) is 5.10 Å². The number of aryl methyl sites for hydroxylation is 2. The lowest BCUT2D eigenvalue weighted by Crippen LogP contribution is -2.03. The number of carboxylic acid groups (broad SMARTS) is 1. The Balaban J connectivity index is 1.97. The van der Waals surface area contributed by atoms with Crippen molar-refractivity contribution in [1.82, 2.24) is 9.78 Å². The van der Waals surface area contributed by atoms with Crippen LogP contribution in [-0.4, -0.2) is 20.9 Å². The summed E-state index contributed by atoms with van der Waals surface area (Å²) in [5.41, 5.74) is 6.88. The van der Waals surface area contributed by atoms with E-state index in [0.717, 1.165) is 18.5 Å². The Hall–Kier alpha value is -2.30. The number of hydrogen-bond donors (Lipinski definition) is 2. The molecule has 17 heavy (non-hydrogen) atoms. The van der Waals surface area contributed by atoms with Crippen molar-refractivity contribution in [3.05, 3.63) is 47.7 Å². The van der Waals surface area contributed by atoms with Gasteiger partial charge in [0.05, 0.1) is 5.56 Å². The molecule has 0 atom stereocenters. The minimum absolute atomic E-state index is 0.303. The van der Waals surface area contributed by atoms with Gasteiger partial charge in [-0.3, -0.25) is 4.68 Å². The second-order valence-corrected chi connectivity index (χ2v) is 3.76. The van der Waals surface area contributed by atoms with Gasteiger partial charge < -0.3 is 10.8 Å². The highest BCUT2D eigenvalue weighted by atomic mass is 16.4. The zero-order valence-electron chi connectivity index (χ0n) is 9.21. The standard InChI is InChI=1S/C12H13N3O2/c13-11-6-8-15(14-11)7-5-9-1-3-10(4-2-9)12(16)17/h1-4,6,8H,5,7H2,(H2,13,14)(H,16,17). The van der Waals surface area contributed by atoms with E-state index in [-0.39, 0.29) is 0 Å². The molecule has 0 aliphatic carbocycles. The number of anilines is 1. The lowest BCUT2D eigenvalue weighted by Gasteiger charge is -2.02. The zero-order valence-corrected chi connectivity index (χ0v) is 9.21. The Morgan fingerprint density at radius 2 is 2.00 bits per heavy atom. The molecular formula is C12H13N3O2. The first-order chi connectivity index (χ1) is 8.15. The van der Waals surface area contributed by atoms with Gasteiger partial charge in [0.2, 0.25) is 0 Å². The second-order valence-electron chi connectivity index (χ2n) is 3.76. The van der Waals surface area contributed by atoms with Crippen LogP contribution in [0.2, 0.25) is 0 Å². The van der Waals surface area contributed by atoms with E-state index in [1.54, 1.807) is 22.9 Å². The fourth-order valence-corrected chi connectivity index (χ4v) is 1.56. The van der Waals surface area contributed by atoms with Crippen LogP contribution in [0.25, 0.3) is 0 Å². The summed E-state index contributed by atoms with van der Waals surface area (Å²) >= 11 is 0. The van der Waals surface area contributed by atoms with Crippen LogP contribution in [0.3, 0.4) is 0 Å². The van der Waals surface area contributed by atoms with Crippen LogP contribution in [0, 0.1) is 0 Å². The monoisotopic (exact) mass is 231 g/mol. The van der Waals surface area contributed by atoms with Gasteiger partial charge in [0.25, 0.3) is 0 Å². The van der Waals surface area contributed by atoms with Crippen LogP contribution in [0.15, 0.2) is 36.5 Å². The predicted octanol–water partition coefficient (Wildman–Crippen LogP) is 1.41. The molecule has 1 heterocycles. The van der Waals surface area contributed by atoms with Crippen molar-refractivity contribution >= 4 is 11.8 Å². The quantitative estimate of drug-likeness (QED) is 0.833. The van der Waals surface area contributed by atoms with Gasteiger partial charge in [-0.25, -0.2) is 4.79 Å². The topological polar surface area (TPSA) is 81.1 Å². The summed E-state index contributed by atoms with van der Waals surface area (Å²) in [4.78, 5) is 10.7. The van der Waals surface area contributed by atoms with Crippen LogP contribution < -0.4 is 5.73 Å². The van der Waals surface area contributed by atoms with E-state index in [1.807, 2.05) is 18.3 Å². The normalized spacial score (nSPS) is 10.4. The summed E-state index contributed by atoms with van der Waals surface area (Å²) in [5, 5.41) is 12.8. The third-order valence-electron chi connectivity index (χ3n) is 2.49. The number of rotatable bonds is 4.